The average molecular weight is 223 g/mol. The standard InChI is InChI=1S/C12H15ClN2/c1-9-5-4-6-10(13)12(9)15-8-3-2-7-11(15)14/h4-6,14H,2-3,7-8H2,1H3. The molecule has 0 atom stereocenters. The number of benzene rings is 1. The molecule has 0 aromatic heterocycles. The molecular formula is C12H15ClN2. The topological polar surface area (TPSA) is 27.1 Å². The minimum Gasteiger partial charge on any atom is -0.329 e. The van der Waals surface area contributed by atoms with Gasteiger partial charge >= 0.3 is 0 Å². The first-order valence-electron chi connectivity index (χ1n) is 5.30. The Hall–Kier alpha value is -1.02. The Labute approximate surface area is 95.4 Å². The fourth-order valence-corrected chi connectivity index (χ4v) is 2.37. The number of nitrogens with zero attached hydrogens (tertiary/aromatic N) is 1. The largest absolute Gasteiger partial charge is 0.329 e. The molecular weight excluding hydrogens is 208 g/mol. The van der Waals surface area contributed by atoms with E-state index in [0.717, 1.165) is 42.1 Å². The maximum Gasteiger partial charge on any atom is 0.100 e. The van der Waals surface area contributed by atoms with Crippen molar-refractivity contribution in [2.24, 2.45) is 0 Å². The second-order valence-corrected chi connectivity index (χ2v) is 4.37. The van der Waals surface area contributed by atoms with Crippen molar-refractivity contribution in [3.63, 3.8) is 0 Å². The van der Waals surface area contributed by atoms with Crippen molar-refractivity contribution >= 4 is 23.1 Å². The first kappa shape index (κ1) is 10.5. The van der Waals surface area contributed by atoms with Gasteiger partial charge in [-0.3, -0.25) is 5.41 Å². The summed E-state index contributed by atoms with van der Waals surface area (Å²) in [5.74, 6) is 0.692. The van der Waals surface area contributed by atoms with Crippen LogP contribution in [0.25, 0.3) is 0 Å². The smallest absolute Gasteiger partial charge is 0.100 e. The Balaban J connectivity index is 2.39. The number of aryl methyl sites for hydroxylation is 1. The Bertz CT molecular complexity index is 367. The first-order chi connectivity index (χ1) is 7.20. The van der Waals surface area contributed by atoms with Crippen molar-refractivity contribution in [1.82, 2.24) is 0 Å². The highest BCUT2D eigenvalue weighted by atomic mass is 35.5. The molecule has 3 heteroatoms. The molecule has 80 valence electrons. The summed E-state index contributed by atoms with van der Waals surface area (Å²) in [7, 11) is 0. The van der Waals surface area contributed by atoms with Gasteiger partial charge in [0.05, 0.1) is 10.7 Å². The molecule has 0 radical (unpaired) electrons. The third kappa shape index (κ3) is 2.00. The van der Waals surface area contributed by atoms with Crippen molar-refractivity contribution in [1.29, 1.82) is 5.41 Å². The normalized spacial score (nSPS) is 16.9. The second-order valence-electron chi connectivity index (χ2n) is 3.96. The molecule has 1 N–H and O–H groups in total. The van der Waals surface area contributed by atoms with Crippen LogP contribution in [0.3, 0.4) is 0 Å². The summed E-state index contributed by atoms with van der Waals surface area (Å²) in [6.07, 6.45) is 3.14. The number of nitrogens with one attached hydrogen (secondary N) is 1. The lowest BCUT2D eigenvalue weighted by atomic mass is 10.1. The van der Waals surface area contributed by atoms with E-state index in [9.17, 15) is 0 Å². The third-order valence-electron chi connectivity index (χ3n) is 2.83. The zero-order valence-corrected chi connectivity index (χ0v) is 9.64. The van der Waals surface area contributed by atoms with Gasteiger partial charge in [0, 0.05) is 13.0 Å². The number of hydrogen-bond acceptors (Lipinski definition) is 1. The minimum atomic E-state index is 0.692. The molecule has 0 bridgehead atoms. The molecule has 2 nitrogen and oxygen atoms in total. The van der Waals surface area contributed by atoms with E-state index in [2.05, 4.69) is 0 Å². The summed E-state index contributed by atoms with van der Waals surface area (Å²) in [4.78, 5) is 2.04. The second kappa shape index (κ2) is 4.23. The van der Waals surface area contributed by atoms with E-state index < -0.39 is 0 Å². The molecule has 1 fully saturated rings. The lowest BCUT2D eigenvalue weighted by Gasteiger charge is -2.31. The number of hydrogen-bond donors (Lipinski definition) is 1. The van der Waals surface area contributed by atoms with Gasteiger partial charge in [0.15, 0.2) is 0 Å². The van der Waals surface area contributed by atoms with Crippen LogP contribution in [0.2, 0.25) is 5.02 Å². The highest BCUT2D eigenvalue weighted by Crippen LogP contribution is 2.31. The van der Waals surface area contributed by atoms with Gasteiger partial charge in [-0.1, -0.05) is 23.7 Å². The van der Waals surface area contributed by atoms with Gasteiger partial charge in [-0.05, 0) is 31.4 Å². The molecule has 1 saturated heterocycles. The Kier molecular flexibility index (Phi) is 2.96. The van der Waals surface area contributed by atoms with Gasteiger partial charge in [0.1, 0.15) is 5.84 Å². The van der Waals surface area contributed by atoms with Crippen molar-refractivity contribution in [3.8, 4) is 0 Å². The lowest BCUT2D eigenvalue weighted by molar-refractivity contribution is 0.707. The Morgan fingerprint density at radius 2 is 2.13 bits per heavy atom. The maximum absolute atomic E-state index is 7.94. The van der Waals surface area contributed by atoms with Crippen LogP contribution in [0.1, 0.15) is 24.8 Å². The van der Waals surface area contributed by atoms with E-state index in [4.69, 9.17) is 17.0 Å². The zero-order valence-electron chi connectivity index (χ0n) is 8.89. The predicted octanol–water partition coefficient (Wildman–Crippen LogP) is 3.62. The summed E-state index contributed by atoms with van der Waals surface area (Å²) >= 11 is 6.19. The summed E-state index contributed by atoms with van der Waals surface area (Å²) in [5, 5.41) is 8.70. The summed E-state index contributed by atoms with van der Waals surface area (Å²) in [6.45, 7) is 2.96. The molecule has 0 aliphatic carbocycles. The fourth-order valence-electron chi connectivity index (χ4n) is 2.04. The molecule has 1 aliphatic rings. The van der Waals surface area contributed by atoms with Crippen molar-refractivity contribution in [2.45, 2.75) is 26.2 Å². The van der Waals surface area contributed by atoms with E-state index in [1.165, 1.54) is 0 Å². The highest BCUT2D eigenvalue weighted by molar-refractivity contribution is 6.34. The summed E-state index contributed by atoms with van der Waals surface area (Å²) in [6, 6.07) is 5.89. The summed E-state index contributed by atoms with van der Waals surface area (Å²) < 4.78 is 0. The monoisotopic (exact) mass is 222 g/mol. The van der Waals surface area contributed by atoms with E-state index in [-0.39, 0.29) is 0 Å². The van der Waals surface area contributed by atoms with Crippen LogP contribution in [-0.4, -0.2) is 12.4 Å². The van der Waals surface area contributed by atoms with Crippen LogP contribution in [0.15, 0.2) is 18.2 Å². The van der Waals surface area contributed by atoms with Gasteiger partial charge in [0.2, 0.25) is 0 Å². The maximum atomic E-state index is 7.94. The van der Waals surface area contributed by atoms with Gasteiger partial charge < -0.3 is 4.90 Å². The van der Waals surface area contributed by atoms with E-state index in [1.807, 2.05) is 30.0 Å². The predicted molar refractivity (Wildman–Crippen MR) is 65.1 cm³/mol. The van der Waals surface area contributed by atoms with Gasteiger partial charge in [-0.2, -0.15) is 0 Å². The lowest BCUT2D eigenvalue weighted by Crippen LogP contribution is -2.35. The van der Waals surface area contributed by atoms with Gasteiger partial charge in [-0.15, -0.1) is 0 Å². The van der Waals surface area contributed by atoms with E-state index in [0.29, 0.717) is 5.84 Å². The van der Waals surface area contributed by atoms with Crippen LogP contribution in [-0.2, 0) is 0 Å². The molecule has 0 spiro atoms. The number of anilines is 1. The van der Waals surface area contributed by atoms with Crippen LogP contribution in [0, 0.1) is 12.3 Å². The van der Waals surface area contributed by atoms with Crippen LogP contribution in [0.4, 0.5) is 5.69 Å². The minimum absolute atomic E-state index is 0.692. The van der Waals surface area contributed by atoms with E-state index >= 15 is 0 Å². The van der Waals surface area contributed by atoms with Gasteiger partial charge in [0.25, 0.3) is 0 Å². The van der Waals surface area contributed by atoms with Crippen LogP contribution in [0.5, 0.6) is 0 Å². The molecule has 0 unspecified atom stereocenters. The molecule has 1 aliphatic heterocycles. The van der Waals surface area contributed by atoms with Crippen LogP contribution >= 0.6 is 11.6 Å². The highest BCUT2D eigenvalue weighted by Gasteiger charge is 2.19. The molecule has 2 rings (SSSR count). The quantitative estimate of drug-likeness (QED) is 0.772. The van der Waals surface area contributed by atoms with E-state index in [1.54, 1.807) is 0 Å². The zero-order chi connectivity index (χ0) is 10.8. The molecule has 15 heavy (non-hydrogen) atoms. The average Bonchev–Trinajstić information content (AvgIpc) is 2.20. The third-order valence-corrected chi connectivity index (χ3v) is 3.13. The molecule has 1 aromatic carbocycles. The summed E-state index contributed by atoms with van der Waals surface area (Å²) in [5.41, 5.74) is 2.16. The van der Waals surface area contributed by atoms with Crippen molar-refractivity contribution < 1.29 is 0 Å². The number of piperidine rings is 1. The Morgan fingerprint density at radius 1 is 1.33 bits per heavy atom. The van der Waals surface area contributed by atoms with Crippen molar-refractivity contribution in [3.05, 3.63) is 28.8 Å². The first-order valence-corrected chi connectivity index (χ1v) is 5.68. The number of rotatable bonds is 1. The number of para-hydroxylation sites is 1. The SMILES string of the molecule is Cc1cccc(Cl)c1N1CCCCC1=N. The number of halogens is 1. The van der Waals surface area contributed by atoms with Crippen LogP contribution < -0.4 is 4.90 Å². The number of amidine groups is 1. The molecule has 1 heterocycles. The molecule has 0 saturated carbocycles. The molecule has 1 aromatic rings. The van der Waals surface area contributed by atoms with Gasteiger partial charge in [-0.25, -0.2) is 0 Å². The molecule has 0 amide bonds. The Morgan fingerprint density at radius 3 is 2.80 bits per heavy atom. The fraction of sp³-hybridized carbons (Fsp3) is 0.417. The van der Waals surface area contributed by atoms with Crippen molar-refractivity contribution in [2.75, 3.05) is 11.4 Å².